The van der Waals surface area contributed by atoms with Crippen LogP contribution in [-0.2, 0) is 23.9 Å². The Balaban J connectivity index is 1.44. The molecule has 0 saturated carbocycles. The Morgan fingerprint density at radius 1 is 1.09 bits per heavy atom. The Bertz CT molecular complexity index is 952. The van der Waals surface area contributed by atoms with Crippen LogP contribution in [0.2, 0.25) is 0 Å². The topological polar surface area (TPSA) is 126 Å². The van der Waals surface area contributed by atoms with Crippen LogP contribution in [0.25, 0.3) is 0 Å². The van der Waals surface area contributed by atoms with E-state index in [1.54, 1.807) is 36.1 Å². The number of nitrogens with zero attached hydrogens (tertiary/aromatic N) is 1. The molecule has 0 bridgehead atoms. The van der Waals surface area contributed by atoms with E-state index in [9.17, 15) is 19.2 Å². The number of benzene rings is 1. The summed E-state index contributed by atoms with van der Waals surface area (Å²) in [6.45, 7) is 2.12. The number of ether oxygens (including phenoxy) is 2. The van der Waals surface area contributed by atoms with Crippen molar-refractivity contribution >= 4 is 29.5 Å². The fraction of sp³-hybridized carbons (Fsp3) is 0.500. The minimum atomic E-state index is -0.833. The number of carbonyl (C=O) groups excluding carboxylic acids is 4. The first kappa shape index (κ1) is 23.7. The normalized spacial score (nSPS) is 28.5. The van der Waals surface area contributed by atoms with Crippen molar-refractivity contribution in [3.05, 3.63) is 42.5 Å². The molecule has 3 heterocycles. The van der Waals surface area contributed by atoms with E-state index in [0.717, 1.165) is 0 Å². The van der Waals surface area contributed by atoms with Crippen molar-refractivity contribution < 1.29 is 28.7 Å². The minimum Gasteiger partial charge on any atom is -0.433 e. The molecular formula is C24H30N4O6. The van der Waals surface area contributed by atoms with E-state index in [1.165, 1.54) is 0 Å². The molecule has 3 aliphatic heterocycles. The SMILES string of the molecule is CCOC1OC(=O)CC1NC(=O)[C@@H]1CC[C@H]2CC=CC[C@H](NC(=O)Nc3ccccc3)C(=O)N21. The lowest BCUT2D eigenvalue weighted by atomic mass is 10.0. The van der Waals surface area contributed by atoms with Gasteiger partial charge in [-0.3, -0.25) is 14.4 Å². The molecule has 0 spiro atoms. The van der Waals surface area contributed by atoms with E-state index in [-0.39, 0.29) is 24.3 Å². The molecule has 2 saturated heterocycles. The summed E-state index contributed by atoms with van der Waals surface area (Å²) in [5.41, 5.74) is 0.613. The van der Waals surface area contributed by atoms with Gasteiger partial charge < -0.3 is 30.3 Å². The molecule has 5 atom stereocenters. The molecular weight excluding hydrogens is 440 g/mol. The Labute approximate surface area is 198 Å². The second-order valence-corrected chi connectivity index (χ2v) is 8.59. The number of cyclic esters (lactones) is 1. The van der Waals surface area contributed by atoms with Crippen molar-refractivity contribution in [1.29, 1.82) is 0 Å². The second-order valence-electron chi connectivity index (χ2n) is 8.59. The van der Waals surface area contributed by atoms with Crippen LogP contribution in [0, 0.1) is 0 Å². The summed E-state index contributed by atoms with van der Waals surface area (Å²) < 4.78 is 10.6. The maximum absolute atomic E-state index is 13.5. The maximum Gasteiger partial charge on any atom is 0.319 e. The Morgan fingerprint density at radius 2 is 1.85 bits per heavy atom. The van der Waals surface area contributed by atoms with E-state index in [2.05, 4.69) is 16.0 Å². The average Bonchev–Trinajstić information content (AvgIpc) is 3.38. The molecule has 0 aromatic heterocycles. The number of nitrogens with one attached hydrogen (secondary N) is 3. The van der Waals surface area contributed by atoms with Crippen LogP contribution in [0.15, 0.2) is 42.5 Å². The smallest absolute Gasteiger partial charge is 0.319 e. The molecule has 3 aliphatic rings. The highest BCUT2D eigenvalue weighted by Gasteiger charge is 2.45. The van der Waals surface area contributed by atoms with Crippen LogP contribution in [0.4, 0.5) is 10.5 Å². The molecule has 0 radical (unpaired) electrons. The first-order chi connectivity index (χ1) is 16.5. The van der Waals surface area contributed by atoms with Gasteiger partial charge in [-0.25, -0.2) is 4.79 Å². The highest BCUT2D eigenvalue weighted by Crippen LogP contribution is 2.30. The van der Waals surface area contributed by atoms with Gasteiger partial charge in [-0.1, -0.05) is 30.4 Å². The van der Waals surface area contributed by atoms with Gasteiger partial charge in [0.1, 0.15) is 18.1 Å². The lowest BCUT2D eigenvalue weighted by Gasteiger charge is -2.34. The second kappa shape index (κ2) is 10.7. The molecule has 182 valence electrons. The Morgan fingerprint density at radius 3 is 2.62 bits per heavy atom. The number of rotatable bonds is 6. The first-order valence-electron chi connectivity index (χ1n) is 11.7. The monoisotopic (exact) mass is 470 g/mol. The van der Waals surface area contributed by atoms with Crippen LogP contribution in [0.5, 0.6) is 0 Å². The molecule has 3 N–H and O–H groups in total. The highest BCUT2D eigenvalue weighted by molar-refractivity contribution is 5.96. The molecule has 2 fully saturated rings. The van der Waals surface area contributed by atoms with Gasteiger partial charge in [0.05, 0.1) is 6.42 Å². The van der Waals surface area contributed by atoms with Gasteiger partial charge in [-0.15, -0.1) is 0 Å². The van der Waals surface area contributed by atoms with Crippen molar-refractivity contribution in [2.24, 2.45) is 0 Å². The molecule has 10 heteroatoms. The van der Waals surface area contributed by atoms with E-state index in [4.69, 9.17) is 9.47 Å². The van der Waals surface area contributed by atoms with Gasteiger partial charge in [-0.05, 0) is 44.7 Å². The molecule has 1 aromatic rings. The number of hydrogen-bond donors (Lipinski definition) is 3. The van der Waals surface area contributed by atoms with E-state index >= 15 is 0 Å². The van der Waals surface area contributed by atoms with Crippen LogP contribution in [0.1, 0.15) is 39.0 Å². The quantitative estimate of drug-likeness (QED) is 0.429. The largest absolute Gasteiger partial charge is 0.433 e. The predicted molar refractivity (Wildman–Crippen MR) is 122 cm³/mol. The lowest BCUT2D eigenvalue weighted by Crippen LogP contribution is -2.57. The zero-order valence-corrected chi connectivity index (χ0v) is 19.1. The summed E-state index contributed by atoms with van der Waals surface area (Å²) in [6.07, 6.45) is 5.22. The molecule has 4 rings (SSSR count). The van der Waals surface area contributed by atoms with Crippen LogP contribution in [0.3, 0.4) is 0 Å². The number of fused-ring (bicyclic) bond motifs is 1. The van der Waals surface area contributed by atoms with Gasteiger partial charge in [0.25, 0.3) is 0 Å². The van der Waals surface area contributed by atoms with Crippen molar-refractivity contribution in [3.63, 3.8) is 0 Å². The molecule has 4 amide bonds. The fourth-order valence-electron chi connectivity index (χ4n) is 4.69. The molecule has 10 nitrogen and oxygen atoms in total. The molecule has 0 aliphatic carbocycles. The van der Waals surface area contributed by atoms with Gasteiger partial charge in [-0.2, -0.15) is 0 Å². The van der Waals surface area contributed by atoms with Crippen molar-refractivity contribution in [1.82, 2.24) is 15.5 Å². The van der Waals surface area contributed by atoms with E-state index in [1.807, 2.05) is 18.2 Å². The van der Waals surface area contributed by atoms with E-state index in [0.29, 0.717) is 38.0 Å². The number of esters is 1. The number of carbonyl (C=O) groups is 4. The first-order valence-corrected chi connectivity index (χ1v) is 11.7. The summed E-state index contributed by atoms with van der Waals surface area (Å²) >= 11 is 0. The molecule has 2 unspecified atom stereocenters. The number of amides is 4. The zero-order chi connectivity index (χ0) is 24.1. The maximum atomic E-state index is 13.5. The number of hydrogen-bond acceptors (Lipinski definition) is 6. The van der Waals surface area contributed by atoms with Crippen LogP contribution < -0.4 is 16.0 Å². The lowest BCUT2D eigenvalue weighted by molar-refractivity contribution is -0.164. The van der Waals surface area contributed by atoms with Gasteiger partial charge >= 0.3 is 12.0 Å². The standard InChI is InChI=1S/C24H30N4O6/c1-2-33-23-18(14-20(29)34-23)26-21(30)19-13-12-16-10-6-7-11-17(22(31)28(16)19)27-24(32)25-15-8-4-3-5-9-15/h3-9,16-19,23H,2,10-14H2,1H3,(H,26,30)(H2,25,27,32)/t16-,17+,18?,19+,23?/m1/s1. The summed E-state index contributed by atoms with van der Waals surface area (Å²) in [6, 6.07) is 6.23. The van der Waals surface area contributed by atoms with Crippen LogP contribution >= 0.6 is 0 Å². The average molecular weight is 471 g/mol. The van der Waals surface area contributed by atoms with Gasteiger partial charge in [0.2, 0.25) is 18.1 Å². The van der Waals surface area contributed by atoms with Crippen LogP contribution in [-0.4, -0.2) is 65.8 Å². The number of anilines is 1. The number of urea groups is 1. The summed E-state index contributed by atoms with van der Waals surface area (Å²) in [5, 5.41) is 8.32. The van der Waals surface area contributed by atoms with Crippen molar-refractivity contribution in [3.8, 4) is 0 Å². The minimum absolute atomic E-state index is 0.0209. The third-order valence-electron chi connectivity index (χ3n) is 6.26. The summed E-state index contributed by atoms with van der Waals surface area (Å²) in [7, 11) is 0. The molecule has 34 heavy (non-hydrogen) atoms. The van der Waals surface area contributed by atoms with Crippen molar-refractivity contribution in [2.75, 3.05) is 11.9 Å². The summed E-state index contributed by atoms with van der Waals surface area (Å²) in [5.74, 6) is -1.08. The third kappa shape index (κ3) is 5.39. The van der Waals surface area contributed by atoms with Gasteiger partial charge in [0.15, 0.2) is 0 Å². The predicted octanol–water partition coefficient (Wildman–Crippen LogP) is 1.68. The molecule has 1 aromatic carbocycles. The van der Waals surface area contributed by atoms with Crippen molar-refractivity contribution in [2.45, 2.75) is 69.5 Å². The Kier molecular flexibility index (Phi) is 7.46. The highest BCUT2D eigenvalue weighted by atomic mass is 16.7. The van der Waals surface area contributed by atoms with E-state index < -0.39 is 36.4 Å². The van der Waals surface area contributed by atoms with Gasteiger partial charge in [0, 0.05) is 18.3 Å². The number of para-hydroxylation sites is 1. The Hall–Kier alpha value is -3.40. The third-order valence-corrected chi connectivity index (χ3v) is 6.26. The zero-order valence-electron chi connectivity index (χ0n) is 19.1. The fourth-order valence-corrected chi connectivity index (χ4v) is 4.69. The summed E-state index contributed by atoms with van der Waals surface area (Å²) in [4.78, 5) is 52.5.